The summed E-state index contributed by atoms with van der Waals surface area (Å²) in [5, 5.41) is 20.5. The van der Waals surface area contributed by atoms with Crippen LogP contribution in [0.5, 0.6) is 5.75 Å². The molecule has 0 bridgehead atoms. The van der Waals surface area contributed by atoms with E-state index in [-0.39, 0.29) is 24.5 Å². The number of carboxylic acid groups (broad SMARTS) is 1. The van der Waals surface area contributed by atoms with Crippen LogP contribution in [-0.4, -0.2) is 28.1 Å². The molecule has 0 saturated carbocycles. The summed E-state index contributed by atoms with van der Waals surface area (Å²) < 4.78 is 0. The van der Waals surface area contributed by atoms with E-state index < -0.39 is 12.0 Å². The van der Waals surface area contributed by atoms with Crippen LogP contribution in [0.2, 0.25) is 0 Å². The molecule has 1 aromatic carbocycles. The quantitative estimate of drug-likeness (QED) is 0.658. The van der Waals surface area contributed by atoms with Crippen molar-refractivity contribution in [2.45, 2.75) is 18.9 Å². The molecule has 0 aliphatic rings. The molecule has 0 aliphatic heterocycles. The topological polar surface area (TPSA) is 86.6 Å². The number of nitrogens with one attached hydrogen (secondary N) is 1. The van der Waals surface area contributed by atoms with E-state index >= 15 is 0 Å². The molecular weight excluding hydrogens is 234 g/mol. The van der Waals surface area contributed by atoms with Gasteiger partial charge in [-0.3, -0.25) is 4.79 Å². The summed E-state index contributed by atoms with van der Waals surface area (Å²) in [6.07, 6.45) is 1.66. The second kappa shape index (κ2) is 6.44. The highest BCUT2D eigenvalue weighted by atomic mass is 16.4. The molecule has 0 heterocycles. The fraction of sp³-hybridized carbons (Fsp3) is 0.231. The van der Waals surface area contributed by atoms with Gasteiger partial charge in [-0.15, -0.1) is 6.58 Å². The van der Waals surface area contributed by atoms with Crippen molar-refractivity contribution in [1.82, 2.24) is 5.32 Å². The lowest BCUT2D eigenvalue weighted by molar-refractivity contribution is -0.141. The van der Waals surface area contributed by atoms with Gasteiger partial charge in [-0.2, -0.15) is 0 Å². The molecule has 0 aliphatic carbocycles. The monoisotopic (exact) mass is 249 g/mol. The summed E-state index contributed by atoms with van der Waals surface area (Å²) in [5.41, 5.74) is 0.721. The third-order valence-electron chi connectivity index (χ3n) is 2.34. The molecule has 0 saturated heterocycles. The van der Waals surface area contributed by atoms with Gasteiger partial charge in [0.2, 0.25) is 5.91 Å². The molecule has 1 atom stereocenters. The Labute approximate surface area is 105 Å². The summed E-state index contributed by atoms with van der Waals surface area (Å²) in [4.78, 5) is 22.3. The Morgan fingerprint density at radius 2 is 1.94 bits per heavy atom. The third kappa shape index (κ3) is 4.29. The molecule has 96 valence electrons. The van der Waals surface area contributed by atoms with Crippen molar-refractivity contribution in [2.24, 2.45) is 0 Å². The van der Waals surface area contributed by atoms with Crippen molar-refractivity contribution in [3.05, 3.63) is 42.5 Å². The van der Waals surface area contributed by atoms with Crippen LogP contribution in [0.1, 0.15) is 12.0 Å². The number of hydrogen-bond acceptors (Lipinski definition) is 3. The summed E-state index contributed by atoms with van der Waals surface area (Å²) in [5.74, 6) is -1.36. The molecule has 0 aromatic heterocycles. The minimum atomic E-state index is -1.10. The average molecular weight is 249 g/mol. The molecule has 0 spiro atoms. The fourth-order valence-corrected chi connectivity index (χ4v) is 1.45. The standard InChI is InChI=1S/C13H15NO4/c1-2-3-12(16)14-11(13(17)18)8-9-4-6-10(15)7-5-9/h2,4-7,11,15H,1,3,8H2,(H,14,16)(H,17,18). The lowest BCUT2D eigenvalue weighted by Gasteiger charge is -2.14. The highest BCUT2D eigenvalue weighted by Crippen LogP contribution is 2.11. The maximum Gasteiger partial charge on any atom is 0.326 e. The number of phenols is 1. The Balaban J connectivity index is 2.68. The lowest BCUT2D eigenvalue weighted by Crippen LogP contribution is -2.42. The largest absolute Gasteiger partial charge is 0.508 e. The van der Waals surface area contributed by atoms with Gasteiger partial charge in [-0.25, -0.2) is 4.79 Å². The molecule has 1 rings (SSSR count). The van der Waals surface area contributed by atoms with Gasteiger partial charge in [0.1, 0.15) is 11.8 Å². The second-order valence-electron chi connectivity index (χ2n) is 3.82. The molecular formula is C13H15NO4. The number of amides is 1. The number of carbonyl (C=O) groups is 2. The minimum Gasteiger partial charge on any atom is -0.508 e. The number of aliphatic carboxylic acids is 1. The van der Waals surface area contributed by atoms with Crippen molar-refractivity contribution in [2.75, 3.05) is 0 Å². The van der Waals surface area contributed by atoms with E-state index in [2.05, 4.69) is 11.9 Å². The SMILES string of the molecule is C=CCC(=O)NC(Cc1ccc(O)cc1)C(=O)O. The summed E-state index contributed by atoms with van der Waals surface area (Å²) >= 11 is 0. The van der Waals surface area contributed by atoms with Gasteiger partial charge in [0.25, 0.3) is 0 Å². The molecule has 1 aromatic rings. The van der Waals surface area contributed by atoms with Gasteiger partial charge in [0, 0.05) is 12.8 Å². The number of carboxylic acids is 1. The summed E-state index contributed by atoms with van der Waals surface area (Å²) in [6, 6.07) is 5.19. The van der Waals surface area contributed by atoms with E-state index in [1.165, 1.54) is 18.2 Å². The van der Waals surface area contributed by atoms with Gasteiger partial charge in [-0.1, -0.05) is 18.2 Å². The average Bonchev–Trinajstić information content (AvgIpc) is 2.31. The van der Waals surface area contributed by atoms with Crippen LogP contribution in [0.15, 0.2) is 36.9 Å². The lowest BCUT2D eigenvalue weighted by atomic mass is 10.1. The molecule has 3 N–H and O–H groups in total. The first-order valence-electron chi connectivity index (χ1n) is 5.44. The van der Waals surface area contributed by atoms with Gasteiger partial charge in [0.15, 0.2) is 0 Å². The molecule has 0 fully saturated rings. The molecule has 5 heteroatoms. The highest BCUT2D eigenvalue weighted by molar-refractivity contribution is 5.84. The Morgan fingerprint density at radius 1 is 1.33 bits per heavy atom. The Kier molecular flexibility index (Phi) is 4.92. The van der Waals surface area contributed by atoms with Crippen molar-refractivity contribution >= 4 is 11.9 Å². The molecule has 1 amide bonds. The molecule has 18 heavy (non-hydrogen) atoms. The minimum absolute atomic E-state index is 0.0827. The number of carbonyl (C=O) groups excluding carboxylic acids is 1. The number of hydrogen-bond donors (Lipinski definition) is 3. The van der Waals surface area contributed by atoms with Gasteiger partial charge in [0.05, 0.1) is 0 Å². The highest BCUT2D eigenvalue weighted by Gasteiger charge is 2.19. The van der Waals surface area contributed by atoms with Crippen molar-refractivity contribution in [1.29, 1.82) is 0 Å². The van der Waals surface area contributed by atoms with Crippen LogP contribution >= 0.6 is 0 Å². The van der Waals surface area contributed by atoms with E-state index in [1.807, 2.05) is 0 Å². The maximum absolute atomic E-state index is 11.3. The number of aromatic hydroxyl groups is 1. The van der Waals surface area contributed by atoms with Gasteiger partial charge >= 0.3 is 5.97 Å². The Hall–Kier alpha value is -2.30. The smallest absolute Gasteiger partial charge is 0.326 e. The predicted molar refractivity (Wildman–Crippen MR) is 66.2 cm³/mol. The van der Waals surface area contributed by atoms with Crippen LogP contribution in [0.3, 0.4) is 0 Å². The molecule has 5 nitrogen and oxygen atoms in total. The van der Waals surface area contributed by atoms with Crippen molar-refractivity contribution in [3.63, 3.8) is 0 Å². The molecule has 1 unspecified atom stereocenters. The molecule has 0 radical (unpaired) electrons. The normalized spacial score (nSPS) is 11.6. The summed E-state index contributed by atoms with van der Waals surface area (Å²) in [7, 11) is 0. The zero-order chi connectivity index (χ0) is 13.5. The Morgan fingerprint density at radius 3 is 2.44 bits per heavy atom. The van der Waals surface area contributed by atoms with Crippen molar-refractivity contribution < 1.29 is 19.8 Å². The van der Waals surface area contributed by atoms with Crippen LogP contribution in [-0.2, 0) is 16.0 Å². The fourth-order valence-electron chi connectivity index (χ4n) is 1.45. The number of rotatable bonds is 6. The van der Waals surface area contributed by atoms with Crippen LogP contribution < -0.4 is 5.32 Å². The van der Waals surface area contributed by atoms with Gasteiger partial charge < -0.3 is 15.5 Å². The van der Waals surface area contributed by atoms with Crippen molar-refractivity contribution in [3.8, 4) is 5.75 Å². The van der Waals surface area contributed by atoms with E-state index in [9.17, 15) is 9.59 Å². The van der Waals surface area contributed by atoms with Gasteiger partial charge in [-0.05, 0) is 17.7 Å². The summed E-state index contributed by atoms with van der Waals surface area (Å²) in [6.45, 7) is 3.41. The number of benzene rings is 1. The van der Waals surface area contributed by atoms with E-state index in [1.54, 1.807) is 12.1 Å². The maximum atomic E-state index is 11.3. The second-order valence-corrected chi connectivity index (χ2v) is 3.82. The number of phenolic OH excluding ortho intramolecular Hbond substituents is 1. The van der Waals surface area contributed by atoms with Crippen LogP contribution in [0.4, 0.5) is 0 Å². The zero-order valence-corrected chi connectivity index (χ0v) is 9.80. The van der Waals surface area contributed by atoms with E-state index in [0.717, 1.165) is 5.56 Å². The first kappa shape index (κ1) is 13.8. The first-order chi connectivity index (χ1) is 8.52. The predicted octanol–water partition coefficient (Wildman–Crippen LogP) is 1.08. The van der Waals surface area contributed by atoms with Crippen LogP contribution in [0.25, 0.3) is 0 Å². The zero-order valence-electron chi connectivity index (χ0n) is 9.80. The van der Waals surface area contributed by atoms with E-state index in [4.69, 9.17) is 10.2 Å². The van der Waals surface area contributed by atoms with Crippen LogP contribution in [0, 0.1) is 0 Å². The third-order valence-corrected chi connectivity index (χ3v) is 2.34. The first-order valence-corrected chi connectivity index (χ1v) is 5.44. The Bertz CT molecular complexity index is 439. The van der Waals surface area contributed by atoms with E-state index in [0.29, 0.717) is 0 Å².